The molecule has 1 atom stereocenters. The van der Waals surface area contributed by atoms with Gasteiger partial charge in [0.05, 0.1) is 31.6 Å². The third-order valence-electron chi connectivity index (χ3n) is 6.97. The van der Waals surface area contributed by atoms with Crippen LogP contribution in [0.15, 0.2) is 101 Å². The number of ether oxygens (including phenoxy) is 2. The van der Waals surface area contributed by atoms with Gasteiger partial charge in [-0.15, -0.1) is 0 Å². The standard InChI is InChI=1S/C35H32F3N3O3S/c1-3-43-29-11-7-8-24(17-29)20-41-21-27(18-31(38)34(41)42)32-16-23(2)39-35(40-32)45-15-14-33(25-9-5-4-6-10-25)44-22-26-12-13-28(36)19-30(26)37/h4-13,16-19,21,33H,3,14-15,20,22H2,1-2H3. The molecule has 0 aliphatic rings. The Bertz CT molecular complexity index is 1820. The average molecular weight is 632 g/mol. The fourth-order valence-electron chi connectivity index (χ4n) is 4.81. The molecule has 0 saturated heterocycles. The molecular formula is C35H32F3N3O3S. The van der Waals surface area contributed by atoms with Gasteiger partial charge in [-0.3, -0.25) is 4.79 Å². The van der Waals surface area contributed by atoms with Crippen LogP contribution in [0.4, 0.5) is 13.2 Å². The van der Waals surface area contributed by atoms with E-state index in [4.69, 9.17) is 9.47 Å². The number of pyridine rings is 1. The molecule has 45 heavy (non-hydrogen) atoms. The first-order valence-electron chi connectivity index (χ1n) is 14.5. The minimum atomic E-state index is -0.876. The summed E-state index contributed by atoms with van der Waals surface area (Å²) in [5.41, 5.74) is 2.90. The van der Waals surface area contributed by atoms with Crippen molar-refractivity contribution < 1.29 is 22.6 Å². The second kappa shape index (κ2) is 15.0. The summed E-state index contributed by atoms with van der Waals surface area (Å²) >= 11 is 1.41. The maximum absolute atomic E-state index is 14.9. The molecule has 0 aliphatic heterocycles. The zero-order valence-corrected chi connectivity index (χ0v) is 25.7. The van der Waals surface area contributed by atoms with Crippen molar-refractivity contribution in [1.29, 1.82) is 0 Å². The molecule has 0 bridgehead atoms. The number of hydrogen-bond donors (Lipinski definition) is 0. The quantitative estimate of drug-likeness (QED) is 0.0972. The van der Waals surface area contributed by atoms with Crippen molar-refractivity contribution in [2.45, 2.75) is 44.7 Å². The fourth-order valence-corrected chi connectivity index (χ4v) is 5.69. The van der Waals surface area contributed by atoms with E-state index in [1.807, 2.05) is 68.4 Å². The normalized spacial score (nSPS) is 11.8. The van der Waals surface area contributed by atoms with Crippen LogP contribution in [0, 0.1) is 24.4 Å². The highest BCUT2D eigenvalue weighted by atomic mass is 32.2. The minimum Gasteiger partial charge on any atom is -0.494 e. The lowest BCUT2D eigenvalue weighted by molar-refractivity contribution is 0.0363. The number of hydrogen-bond acceptors (Lipinski definition) is 6. The Balaban J connectivity index is 1.31. The van der Waals surface area contributed by atoms with Crippen molar-refractivity contribution >= 4 is 11.8 Å². The molecule has 5 aromatic rings. The van der Waals surface area contributed by atoms with Crippen LogP contribution < -0.4 is 10.3 Å². The zero-order valence-electron chi connectivity index (χ0n) is 24.9. The number of rotatable bonds is 13. The second-order valence-corrected chi connectivity index (χ2v) is 11.4. The van der Waals surface area contributed by atoms with Crippen molar-refractivity contribution in [3.63, 3.8) is 0 Å². The van der Waals surface area contributed by atoms with Crippen LogP contribution in [0.5, 0.6) is 5.75 Å². The maximum Gasteiger partial charge on any atom is 0.286 e. The molecule has 0 amide bonds. The first-order valence-corrected chi connectivity index (χ1v) is 15.5. The molecule has 0 radical (unpaired) electrons. The Hall–Kier alpha value is -4.41. The van der Waals surface area contributed by atoms with E-state index in [0.717, 1.165) is 17.2 Å². The second-order valence-electron chi connectivity index (χ2n) is 10.4. The van der Waals surface area contributed by atoms with Crippen LogP contribution in [0.2, 0.25) is 0 Å². The van der Waals surface area contributed by atoms with Crippen molar-refractivity contribution in [3.8, 4) is 17.0 Å². The molecule has 1 unspecified atom stereocenters. The summed E-state index contributed by atoms with van der Waals surface area (Å²) in [6.45, 7) is 4.38. The molecule has 0 spiro atoms. The van der Waals surface area contributed by atoms with E-state index in [2.05, 4.69) is 9.97 Å². The molecule has 2 heterocycles. The maximum atomic E-state index is 14.9. The topological polar surface area (TPSA) is 66.2 Å². The largest absolute Gasteiger partial charge is 0.494 e. The minimum absolute atomic E-state index is 0.0152. The Labute approximate surface area is 263 Å². The van der Waals surface area contributed by atoms with Gasteiger partial charge in [-0.25, -0.2) is 23.1 Å². The fraction of sp³-hybridized carbons (Fsp3) is 0.229. The first kappa shape index (κ1) is 32.0. The van der Waals surface area contributed by atoms with E-state index in [1.54, 1.807) is 12.3 Å². The van der Waals surface area contributed by atoms with Gasteiger partial charge in [0.15, 0.2) is 11.0 Å². The first-order chi connectivity index (χ1) is 21.8. The Kier molecular flexibility index (Phi) is 10.7. The Morgan fingerprint density at radius 2 is 1.73 bits per heavy atom. The monoisotopic (exact) mass is 631 g/mol. The summed E-state index contributed by atoms with van der Waals surface area (Å²) in [6, 6.07) is 23.3. The van der Waals surface area contributed by atoms with Crippen LogP contribution in [-0.4, -0.2) is 26.9 Å². The van der Waals surface area contributed by atoms with Crippen LogP contribution in [0.1, 0.15) is 41.8 Å². The van der Waals surface area contributed by atoms with E-state index in [0.29, 0.717) is 46.6 Å². The van der Waals surface area contributed by atoms with Crippen molar-refractivity contribution in [2.75, 3.05) is 12.4 Å². The van der Waals surface area contributed by atoms with E-state index in [1.165, 1.54) is 34.5 Å². The number of benzene rings is 3. The molecule has 0 saturated carbocycles. The SMILES string of the molecule is CCOc1cccc(Cn2cc(-c3cc(C)nc(SCCC(OCc4ccc(F)cc4F)c4ccccc4)n3)cc(F)c2=O)c1. The van der Waals surface area contributed by atoms with Crippen molar-refractivity contribution in [2.24, 2.45) is 0 Å². The van der Waals surface area contributed by atoms with Crippen LogP contribution in [-0.2, 0) is 17.9 Å². The molecular weight excluding hydrogens is 599 g/mol. The Morgan fingerprint density at radius 1 is 0.911 bits per heavy atom. The third-order valence-corrected chi connectivity index (χ3v) is 7.85. The van der Waals surface area contributed by atoms with Gasteiger partial charge in [0.2, 0.25) is 0 Å². The van der Waals surface area contributed by atoms with Crippen molar-refractivity contribution in [3.05, 3.63) is 141 Å². The lowest BCUT2D eigenvalue weighted by Gasteiger charge is -2.19. The van der Waals surface area contributed by atoms with Gasteiger partial charge in [0.25, 0.3) is 5.56 Å². The molecule has 5 rings (SSSR count). The number of aryl methyl sites for hydroxylation is 1. The summed E-state index contributed by atoms with van der Waals surface area (Å²) in [5, 5.41) is 0.490. The smallest absolute Gasteiger partial charge is 0.286 e. The van der Waals surface area contributed by atoms with Crippen LogP contribution in [0.3, 0.4) is 0 Å². The summed E-state index contributed by atoms with van der Waals surface area (Å²) in [6.07, 6.45) is 1.80. The van der Waals surface area contributed by atoms with Gasteiger partial charge in [0, 0.05) is 34.8 Å². The number of aromatic nitrogens is 3. The summed E-state index contributed by atoms with van der Waals surface area (Å²) in [7, 11) is 0. The third kappa shape index (κ3) is 8.61. The molecule has 0 N–H and O–H groups in total. The van der Waals surface area contributed by atoms with Gasteiger partial charge in [-0.2, -0.15) is 0 Å². The molecule has 10 heteroatoms. The summed E-state index contributed by atoms with van der Waals surface area (Å²) in [4.78, 5) is 21.9. The molecule has 0 fully saturated rings. The van der Waals surface area contributed by atoms with Crippen LogP contribution >= 0.6 is 11.8 Å². The number of halogens is 3. The van der Waals surface area contributed by atoms with Gasteiger partial charge in [-0.1, -0.05) is 60.3 Å². The molecule has 3 aromatic carbocycles. The van der Waals surface area contributed by atoms with E-state index >= 15 is 0 Å². The lowest BCUT2D eigenvalue weighted by Crippen LogP contribution is -2.23. The predicted octanol–water partition coefficient (Wildman–Crippen LogP) is 7.92. The van der Waals surface area contributed by atoms with E-state index < -0.39 is 23.0 Å². The van der Waals surface area contributed by atoms with Crippen molar-refractivity contribution in [1.82, 2.24) is 14.5 Å². The summed E-state index contributed by atoms with van der Waals surface area (Å²) in [5.74, 6) is -0.926. The molecule has 232 valence electrons. The Morgan fingerprint density at radius 3 is 2.51 bits per heavy atom. The predicted molar refractivity (Wildman–Crippen MR) is 169 cm³/mol. The summed E-state index contributed by atoms with van der Waals surface area (Å²) < 4.78 is 55.4. The van der Waals surface area contributed by atoms with Gasteiger partial charge < -0.3 is 14.0 Å². The highest BCUT2D eigenvalue weighted by Gasteiger charge is 2.16. The number of nitrogens with zero attached hydrogens (tertiary/aromatic N) is 3. The molecule has 0 aliphatic carbocycles. The zero-order chi connectivity index (χ0) is 31.8. The molecule has 2 aromatic heterocycles. The number of thioether (sulfide) groups is 1. The highest BCUT2D eigenvalue weighted by molar-refractivity contribution is 7.99. The van der Waals surface area contributed by atoms with E-state index in [-0.39, 0.29) is 24.8 Å². The van der Waals surface area contributed by atoms with Gasteiger partial charge in [0.1, 0.15) is 17.4 Å². The average Bonchev–Trinajstić information content (AvgIpc) is 3.02. The van der Waals surface area contributed by atoms with E-state index in [9.17, 15) is 18.0 Å². The highest BCUT2D eigenvalue weighted by Crippen LogP contribution is 2.28. The lowest BCUT2D eigenvalue weighted by atomic mass is 10.1. The van der Waals surface area contributed by atoms with Gasteiger partial charge in [-0.05, 0) is 61.7 Å². The van der Waals surface area contributed by atoms with Gasteiger partial charge >= 0.3 is 0 Å². The molecule has 6 nitrogen and oxygen atoms in total. The van der Waals surface area contributed by atoms with Crippen LogP contribution in [0.25, 0.3) is 11.3 Å².